The van der Waals surface area contributed by atoms with E-state index in [9.17, 15) is 9.90 Å². The van der Waals surface area contributed by atoms with Gasteiger partial charge in [-0.05, 0) is 32.4 Å². The lowest BCUT2D eigenvalue weighted by atomic mass is 10.0. The molecule has 0 atom stereocenters. The van der Waals surface area contributed by atoms with Crippen molar-refractivity contribution < 1.29 is 9.90 Å². The first-order valence-corrected chi connectivity index (χ1v) is 5.83. The quantitative estimate of drug-likeness (QED) is 0.902. The summed E-state index contributed by atoms with van der Waals surface area (Å²) in [6, 6.07) is 5.35. The lowest BCUT2D eigenvalue weighted by Gasteiger charge is -2.34. The molecule has 17 heavy (non-hydrogen) atoms. The summed E-state index contributed by atoms with van der Waals surface area (Å²) in [6.07, 6.45) is 0. The normalized spacial score (nSPS) is 11.4. The van der Waals surface area contributed by atoms with Crippen molar-refractivity contribution in [3.8, 4) is 0 Å². The van der Waals surface area contributed by atoms with Crippen molar-refractivity contribution in [2.24, 2.45) is 0 Å². The van der Waals surface area contributed by atoms with E-state index in [2.05, 4.69) is 0 Å². The molecule has 0 spiro atoms. The number of nitrogens with zero attached hydrogens (tertiary/aromatic N) is 1. The Kier molecular flexibility index (Phi) is 4.17. The highest BCUT2D eigenvalue weighted by Gasteiger charge is 2.28. The summed E-state index contributed by atoms with van der Waals surface area (Å²) >= 11 is 6.12. The third kappa shape index (κ3) is 2.79. The second-order valence-electron chi connectivity index (χ2n) is 4.77. The van der Waals surface area contributed by atoms with Crippen LogP contribution in [0.25, 0.3) is 0 Å². The summed E-state index contributed by atoms with van der Waals surface area (Å²) in [4.78, 5) is 13.8. The van der Waals surface area contributed by atoms with E-state index in [0.29, 0.717) is 10.6 Å². The first-order valence-electron chi connectivity index (χ1n) is 5.45. The largest absolute Gasteiger partial charge is 0.394 e. The zero-order chi connectivity index (χ0) is 13.2. The topological polar surface area (TPSA) is 40.5 Å². The molecule has 0 aliphatic carbocycles. The predicted molar refractivity (Wildman–Crippen MR) is 69.4 cm³/mol. The van der Waals surface area contributed by atoms with Crippen molar-refractivity contribution in [3.63, 3.8) is 0 Å². The number of benzene rings is 1. The zero-order valence-corrected chi connectivity index (χ0v) is 11.4. The molecule has 0 radical (unpaired) electrons. The molecule has 1 amide bonds. The molecule has 3 nitrogen and oxygen atoms in total. The van der Waals surface area contributed by atoms with E-state index in [1.54, 1.807) is 33.0 Å². The summed E-state index contributed by atoms with van der Waals surface area (Å²) in [5.41, 5.74) is 0.730. The number of aliphatic hydroxyl groups excluding tert-OH is 1. The first kappa shape index (κ1) is 14.0. The fraction of sp³-hybridized carbons (Fsp3) is 0.462. The molecule has 0 bridgehead atoms. The third-order valence-electron chi connectivity index (χ3n) is 3.02. The Balaban J connectivity index is 3.09. The van der Waals surface area contributed by atoms with Crippen LogP contribution in [0.15, 0.2) is 18.2 Å². The van der Waals surface area contributed by atoms with Crippen molar-refractivity contribution in [2.45, 2.75) is 26.3 Å². The minimum atomic E-state index is -0.607. The Labute approximate surface area is 107 Å². The van der Waals surface area contributed by atoms with Crippen molar-refractivity contribution in [1.29, 1.82) is 0 Å². The summed E-state index contributed by atoms with van der Waals surface area (Å²) in [6.45, 7) is 5.36. The average Bonchev–Trinajstić information content (AvgIpc) is 2.30. The Morgan fingerprint density at radius 2 is 2.06 bits per heavy atom. The average molecular weight is 256 g/mol. The molecule has 1 rings (SSSR count). The second-order valence-corrected chi connectivity index (χ2v) is 5.15. The first-order chi connectivity index (χ1) is 7.81. The maximum atomic E-state index is 12.3. The van der Waals surface area contributed by atoms with Gasteiger partial charge in [-0.1, -0.05) is 23.7 Å². The number of hydrogen-bond acceptors (Lipinski definition) is 2. The Bertz CT molecular complexity index is 429. The number of amides is 1. The van der Waals surface area contributed by atoms with Crippen molar-refractivity contribution >= 4 is 17.5 Å². The van der Waals surface area contributed by atoms with Crippen LogP contribution < -0.4 is 0 Å². The third-order valence-corrected chi connectivity index (χ3v) is 3.52. The van der Waals surface area contributed by atoms with Gasteiger partial charge in [0.2, 0.25) is 0 Å². The van der Waals surface area contributed by atoms with Crippen molar-refractivity contribution in [2.75, 3.05) is 13.7 Å². The van der Waals surface area contributed by atoms with E-state index in [1.807, 2.05) is 13.0 Å². The standard InChI is InChI=1S/C13H18ClNO2/c1-9-6-5-7-10(11(9)14)12(17)15(4)13(2,3)8-16/h5-7,16H,8H2,1-4H3. The van der Waals surface area contributed by atoms with Crippen LogP contribution in [0.1, 0.15) is 29.8 Å². The summed E-state index contributed by atoms with van der Waals surface area (Å²) in [5.74, 6) is -0.183. The molecule has 1 aromatic rings. The smallest absolute Gasteiger partial charge is 0.255 e. The van der Waals surface area contributed by atoms with Gasteiger partial charge in [0.15, 0.2) is 0 Å². The molecule has 0 saturated carbocycles. The monoisotopic (exact) mass is 255 g/mol. The van der Waals surface area contributed by atoms with Crippen LogP contribution in [-0.4, -0.2) is 35.1 Å². The lowest BCUT2D eigenvalue weighted by Crippen LogP contribution is -2.47. The van der Waals surface area contributed by atoms with E-state index in [4.69, 9.17) is 11.6 Å². The Hall–Kier alpha value is -1.06. The number of carbonyl (C=O) groups excluding carboxylic acids is 1. The molecule has 0 aliphatic heterocycles. The molecule has 0 fully saturated rings. The number of rotatable bonds is 3. The molecule has 4 heteroatoms. The van der Waals surface area contributed by atoms with Crippen LogP contribution in [0.3, 0.4) is 0 Å². The van der Waals surface area contributed by atoms with Crippen LogP contribution in [0.2, 0.25) is 5.02 Å². The van der Waals surface area contributed by atoms with Crippen LogP contribution in [-0.2, 0) is 0 Å². The molecule has 0 aromatic heterocycles. The highest BCUT2D eigenvalue weighted by molar-refractivity contribution is 6.34. The minimum Gasteiger partial charge on any atom is -0.394 e. The van der Waals surface area contributed by atoms with E-state index in [-0.39, 0.29) is 12.5 Å². The van der Waals surface area contributed by atoms with Crippen molar-refractivity contribution in [1.82, 2.24) is 4.90 Å². The zero-order valence-electron chi connectivity index (χ0n) is 10.6. The van der Waals surface area contributed by atoms with E-state index in [1.165, 1.54) is 4.90 Å². The maximum absolute atomic E-state index is 12.3. The SMILES string of the molecule is Cc1cccc(C(=O)N(C)C(C)(C)CO)c1Cl. The lowest BCUT2D eigenvalue weighted by molar-refractivity contribution is 0.0473. The summed E-state index contributed by atoms with van der Waals surface area (Å²) in [7, 11) is 1.66. The molecule has 0 saturated heterocycles. The van der Waals surface area contributed by atoms with Crippen molar-refractivity contribution in [3.05, 3.63) is 34.3 Å². The van der Waals surface area contributed by atoms with Crippen LogP contribution in [0, 0.1) is 6.92 Å². The molecule has 0 heterocycles. The molecule has 1 N–H and O–H groups in total. The number of halogens is 1. The number of likely N-dealkylation sites (N-methyl/N-ethyl adjacent to an activating group) is 1. The van der Waals surface area contributed by atoms with Gasteiger partial charge in [-0.15, -0.1) is 0 Å². The van der Waals surface area contributed by atoms with E-state index < -0.39 is 5.54 Å². The Morgan fingerprint density at radius 1 is 1.47 bits per heavy atom. The fourth-order valence-corrected chi connectivity index (χ4v) is 1.58. The molecule has 94 valence electrons. The van der Waals surface area contributed by atoms with E-state index in [0.717, 1.165) is 5.56 Å². The number of aliphatic hydroxyl groups is 1. The molecular formula is C13H18ClNO2. The van der Waals surface area contributed by atoms with E-state index >= 15 is 0 Å². The van der Waals surface area contributed by atoms with Gasteiger partial charge in [-0.3, -0.25) is 4.79 Å². The van der Waals surface area contributed by atoms with Gasteiger partial charge in [0.25, 0.3) is 5.91 Å². The second kappa shape index (κ2) is 5.07. The fourth-order valence-electron chi connectivity index (χ4n) is 1.37. The summed E-state index contributed by atoms with van der Waals surface area (Å²) < 4.78 is 0. The molecule has 1 aromatic carbocycles. The molecule has 0 unspecified atom stereocenters. The predicted octanol–water partition coefficient (Wildman–Crippen LogP) is 2.49. The number of aryl methyl sites for hydroxylation is 1. The minimum absolute atomic E-state index is 0.0985. The molecular weight excluding hydrogens is 238 g/mol. The van der Waals surface area contributed by atoms with Crippen LogP contribution in [0.5, 0.6) is 0 Å². The van der Waals surface area contributed by atoms with Crippen LogP contribution >= 0.6 is 11.6 Å². The van der Waals surface area contributed by atoms with Gasteiger partial charge in [-0.2, -0.15) is 0 Å². The number of carbonyl (C=O) groups is 1. The highest BCUT2D eigenvalue weighted by Crippen LogP contribution is 2.24. The maximum Gasteiger partial charge on any atom is 0.255 e. The van der Waals surface area contributed by atoms with Gasteiger partial charge in [-0.25, -0.2) is 0 Å². The highest BCUT2D eigenvalue weighted by atomic mass is 35.5. The van der Waals surface area contributed by atoms with Crippen LogP contribution in [0.4, 0.5) is 0 Å². The molecule has 0 aliphatic rings. The number of hydrogen-bond donors (Lipinski definition) is 1. The van der Waals surface area contributed by atoms with Gasteiger partial charge in [0.05, 0.1) is 22.7 Å². The summed E-state index contributed by atoms with van der Waals surface area (Å²) in [5, 5.41) is 9.73. The van der Waals surface area contributed by atoms with Gasteiger partial charge >= 0.3 is 0 Å². The van der Waals surface area contributed by atoms with Gasteiger partial charge in [0, 0.05) is 7.05 Å². The van der Waals surface area contributed by atoms with Gasteiger partial charge in [0.1, 0.15) is 0 Å². The Morgan fingerprint density at radius 3 is 2.59 bits per heavy atom. The van der Waals surface area contributed by atoms with Gasteiger partial charge < -0.3 is 10.0 Å².